The Labute approximate surface area is 132 Å². The first kappa shape index (κ1) is 16.8. The van der Waals surface area contributed by atoms with Crippen molar-refractivity contribution in [3.63, 3.8) is 0 Å². The molecular weight excluding hydrogens is 304 g/mol. The van der Waals surface area contributed by atoms with E-state index in [2.05, 4.69) is 24.0 Å². The van der Waals surface area contributed by atoms with Crippen molar-refractivity contribution < 1.29 is 8.42 Å². The summed E-state index contributed by atoms with van der Waals surface area (Å²) in [6.07, 6.45) is 1.33. The third-order valence-electron chi connectivity index (χ3n) is 4.19. The molecule has 0 bridgehead atoms. The Balaban J connectivity index is 2.26. The standard InChI is InChI=1S/C15H24N2O2S2/c1-12(13-6-4-3-5-7-13)14(10-16)17-8-9-20-11-15(17)21(2,18)19/h3-7,12,14-15H,8-11,16H2,1-2H3. The van der Waals surface area contributed by atoms with Gasteiger partial charge in [0.25, 0.3) is 0 Å². The summed E-state index contributed by atoms with van der Waals surface area (Å²) in [5, 5.41) is -0.420. The lowest BCUT2D eigenvalue weighted by molar-refractivity contribution is 0.175. The van der Waals surface area contributed by atoms with Crippen molar-refractivity contribution in [2.24, 2.45) is 5.73 Å². The lowest BCUT2D eigenvalue weighted by Crippen LogP contribution is -2.55. The Morgan fingerprint density at radius 1 is 1.38 bits per heavy atom. The number of benzene rings is 1. The smallest absolute Gasteiger partial charge is 0.164 e. The first-order valence-corrected chi connectivity index (χ1v) is 10.3. The number of hydrogen-bond acceptors (Lipinski definition) is 5. The Morgan fingerprint density at radius 3 is 2.62 bits per heavy atom. The first-order valence-electron chi connectivity index (χ1n) is 7.22. The second kappa shape index (κ2) is 7.13. The molecule has 0 aliphatic carbocycles. The maximum atomic E-state index is 12.1. The lowest BCUT2D eigenvalue weighted by atomic mass is 9.92. The molecule has 3 unspecified atom stereocenters. The highest BCUT2D eigenvalue weighted by molar-refractivity contribution is 8.00. The van der Waals surface area contributed by atoms with Gasteiger partial charge in [0.15, 0.2) is 9.84 Å². The third-order valence-corrected chi connectivity index (χ3v) is 6.85. The van der Waals surface area contributed by atoms with Crippen molar-refractivity contribution >= 4 is 21.6 Å². The first-order chi connectivity index (χ1) is 9.95. The summed E-state index contributed by atoms with van der Waals surface area (Å²) in [5.41, 5.74) is 7.21. The maximum Gasteiger partial charge on any atom is 0.164 e. The second-order valence-electron chi connectivity index (χ2n) is 5.60. The summed E-state index contributed by atoms with van der Waals surface area (Å²) in [5.74, 6) is 1.81. The summed E-state index contributed by atoms with van der Waals surface area (Å²) >= 11 is 1.71. The zero-order valence-corrected chi connectivity index (χ0v) is 14.2. The van der Waals surface area contributed by atoms with Crippen LogP contribution in [0.1, 0.15) is 18.4 Å². The fourth-order valence-electron chi connectivity index (χ4n) is 2.95. The molecule has 1 saturated heterocycles. The molecule has 1 heterocycles. The van der Waals surface area contributed by atoms with Crippen molar-refractivity contribution in [1.82, 2.24) is 4.90 Å². The van der Waals surface area contributed by atoms with E-state index in [9.17, 15) is 8.42 Å². The molecule has 1 fully saturated rings. The average Bonchev–Trinajstić information content (AvgIpc) is 2.48. The Bertz CT molecular complexity index is 548. The van der Waals surface area contributed by atoms with E-state index in [1.165, 1.54) is 11.8 Å². The average molecular weight is 329 g/mol. The molecule has 2 rings (SSSR count). The van der Waals surface area contributed by atoms with Gasteiger partial charge in [-0.1, -0.05) is 37.3 Å². The molecule has 1 aromatic rings. The maximum absolute atomic E-state index is 12.1. The zero-order chi connectivity index (χ0) is 15.5. The minimum atomic E-state index is -3.10. The molecule has 4 nitrogen and oxygen atoms in total. The van der Waals surface area contributed by atoms with Crippen LogP contribution >= 0.6 is 11.8 Å². The highest BCUT2D eigenvalue weighted by Crippen LogP contribution is 2.29. The fraction of sp³-hybridized carbons (Fsp3) is 0.600. The van der Waals surface area contributed by atoms with E-state index < -0.39 is 15.2 Å². The molecule has 0 amide bonds. The number of thioether (sulfide) groups is 1. The van der Waals surface area contributed by atoms with Gasteiger partial charge in [-0.2, -0.15) is 11.8 Å². The van der Waals surface area contributed by atoms with Crippen molar-refractivity contribution in [3.8, 4) is 0 Å². The molecule has 1 aromatic carbocycles. The topological polar surface area (TPSA) is 63.4 Å². The number of sulfone groups is 1. The Kier molecular flexibility index (Phi) is 5.71. The molecular formula is C15H24N2O2S2. The van der Waals surface area contributed by atoms with Crippen LogP contribution in [0, 0.1) is 0 Å². The number of nitrogens with two attached hydrogens (primary N) is 1. The second-order valence-corrected chi connectivity index (χ2v) is 8.95. The molecule has 0 radical (unpaired) electrons. The van der Waals surface area contributed by atoms with E-state index in [4.69, 9.17) is 5.73 Å². The molecule has 118 valence electrons. The van der Waals surface area contributed by atoms with Crippen LogP contribution in [-0.4, -0.2) is 55.6 Å². The van der Waals surface area contributed by atoms with Crippen molar-refractivity contribution in [2.75, 3.05) is 30.9 Å². The van der Waals surface area contributed by atoms with Gasteiger partial charge in [-0.15, -0.1) is 0 Å². The van der Waals surface area contributed by atoms with Gasteiger partial charge in [-0.25, -0.2) is 8.42 Å². The van der Waals surface area contributed by atoms with E-state index in [1.807, 2.05) is 18.2 Å². The Morgan fingerprint density at radius 2 is 2.05 bits per heavy atom. The largest absolute Gasteiger partial charge is 0.329 e. The third kappa shape index (κ3) is 4.00. The van der Waals surface area contributed by atoms with E-state index in [-0.39, 0.29) is 12.0 Å². The van der Waals surface area contributed by atoms with Crippen LogP contribution in [0.5, 0.6) is 0 Å². The van der Waals surface area contributed by atoms with E-state index in [1.54, 1.807) is 11.8 Å². The molecule has 1 aliphatic heterocycles. The van der Waals surface area contributed by atoms with Crippen LogP contribution < -0.4 is 5.73 Å². The molecule has 1 aliphatic rings. The molecule has 6 heteroatoms. The molecule has 3 atom stereocenters. The summed E-state index contributed by atoms with van der Waals surface area (Å²) in [6, 6.07) is 10.2. The van der Waals surface area contributed by atoms with Crippen LogP contribution in [0.3, 0.4) is 0 Å². The van der Waals surface area contributed by atoms with Crippen molar-refractivity contribution in [2.45, 2.75) is 24.3 Å². The SMILES string of the molecule is CC(c1ccccc1)C(CN)N1CCSCC1S(C)(=O)=O. The van der Waals surface area contributed by atoms with Crippen LogP contribution in [0.15, 0.2) is 30.3 Å². The minimum absolute atomic E-state index is 0.0491. The van der Waals surface area contributed by atoms with Gasteiger partial charge in [-0.05, 0) is 11.5 Å². The number of nitrogens with zero attached hydrogens (tertiary/aromatic N) is 1. The zero-order valence-electron chi connectivity index (χ0n) is 12.6. The highest BCUT2D eigenvalue weighted by Gasteiger charge is 2.37. The number of hydrogen-bond donors (Lipinski definition) is 1. The summed E-state index contributed by atoms with van der Waals surface area (Å²) < 4.78 is 24.2. The van der Waals surface area contributed by atoms with Crippen LogP contribution in [-0.2, 0) is 9.84 Å². The van der Waals surface area contributed by atoms with Gasteiger partial charge < -0.3 is 5.73 Å². The minimum Gasteiger partial charge on any atom is -0.329 e. The predicted octanol–water partition coefficient (Wildman–Crippen LogP) is 1.54. The van der Waals surface area contributed by atoms with Crippen LogP contribution in [0.25, 0.3) is 0 Å². The summed E-state index contributed by atoms with van der Waals surface area (Å²) in [7, 11) is -3.10. The molecule has 0 saturated carbocycles. The summed E-state index contributed by atoms with van der Waals surface area (Å²) in [4.78, 5) is 2.10. The lowest BCUT2D eigenvalue weighted by Gasteiger charge is -2.42. The molecule has 2 N–H and O–H groups in total. The normalized spacial score (nSPS) is 23.7. The van der Waals surface area contributed by atoms with Gasteiger partial charge in [0.05, 0.1) is 0 Å². The van der Waals surface area contributed by atoms with E-state index in [0.29, 0.717) is 12.3 Å². The molecule has 0 spiro atoms. The van der Waals surface area contributed by atoms with Gasteiger partial charge in [-0.3, -0.25) is 4.90 Å². The van der Waals surface area contributed by atoms with Crippen LogP contribution in [0.4, 0.5) is 0 Å². The molecule has 0 aromatic heterocycles. The van der Waals surface area contributed by atoms with Gasteiger partial charge >= 0.3 is 0 Å². The summed E-state index contributed by atoms with van der Waals surface area (Å²) in [6.45, 7) is 3.38. The van der Waals surface area contributed by atoms with E-state index >= 15 is 0 Å². The predicted molar refractivity (Wildman–Crippen MR) is 90.4 cm³/mol. The highest BCUT2D eigenvalue weighted by atomic mass is 32.2. The van der Waals surface area contributed by atoms with E-state index in [0.717, 1.165) is 12.3 Å². The van der Waals surface area contributed by atoms with Crippen molar-refractivity contribution in [3.05, 3.63) is 35.9 Å². The van der Waals surface area contributed by atoms with Gasteiger partial charge in [0, 0.05) is 36.9 Å². The van der Waals surface area contributed by atoms with Crippen LogP contribution in [0.2, 0.25) is 0 Å². The fourth-order valence-corrected chi connectivity index (χ4v) is 5.88. The van der Waals surface area contributed by atoms with Gasteiger partial charge in [0.1, 0.15) is 5.37 Å². The quantitative estimate of drug-likeness (QED) is 0.888. The van der Waals surface area contributed by atoms with Gasteiger partial charge in [0.2, 0.25) is 0 Å². The Hall–Kier alpha value is -0.560. The number of rotatable bonds is 5. The monoisotopic (exact) mass is 328 g/mol. The molecule has 21 heavy (non-hydrogen) atoms. The van der Waals surface area contributed by atoms with Crippen molar-refractivity contribution in [1.29, 1.82) is 0 Å².